The number of unbranched alkanes of at least 4 members (excludes halogenated alkanes) is 1. The summed E-state index contributed by atoms with van der Waals surface area (Å²) in [5.41, 5.74) is 0.711. The summed E-state index contributed by atoms with van der Waals surface area (Å²) < 4.78 is 59.3. The van der Waals surface area contributed by atoms with Crippen molar-refractivity contribution in [2.75, 3.05) is 19.7 Å². The second-order valence-electron chi connectivity index (χ2n) is 7.86. The van der Waals surface area contributed by atoms with E-state index in [-0.39, 0.29) is 18.8 Å². The lowest BCUT2D eigenvalue weighted by atomic mass is 9.96. The summed E-state index contributed by atoms with van der Waals surface area (Å²) in [6.45, 7) is 2.31. The summed E-state index contributed by atoms with van der Waals surface area (Å²) in [6, 6.07) is 1.81. The Kier molecular flexibility index (Phi) is 9.08. The maximum absolute atomic E-state index is 14.1. The monoisotopic (exact) mass is 444 g/mol. The van der Waals surface area contributed by atoms with E-state index in [4.69, 9.17) is 4.74 Å². The number of hydrogen-bond donors (Lipinski definition) is 1. The summed E-state index contributed by atoms with van der Waals surface area (Å²) in [7, 11) is 0. The number of halogens is 4. The Hall–Kier alpha value is -1.51. The molecule has 0 amide bonds. The fourth-order valence-electron chi connectivity index (χ4n) is 3.70. The first kappa shape index (κ1) is 23.2. The second kappa shape index (κ2) is 11.8. The normalized spacial score (nSPS) is 18.3. The van der Waals surface area contributed by atoms with E-state index in [1.54, 1.807) is 5.38 Å². The Labute approximate surface area is 178 Å². The van der Waals surface area contributed by atoms with Crippen LogP contribution in [0, 0.1) is 23.4 Å². The molecular formula is C22H28F4N2OS. The van der Waals surface area contributed by atoms with Gasteiger partial charge in [-0.25, -0.2) is 22.5 Å². The average molecular weight is 445 g/mol. The topological polar surface area (TPSA) is 34.1 Å². The molecule has 3 nitrogen and oxygen atoms in total. The fraction of sp³-hybridized carbons (Fsp3) is 0.591. The number of thiazole rings is 1. The van der Waals surface area contributed by atoms with Gasteiger partial charge in [0.1, 0.15) is 11.2 Å². The Balaban J connectivity index is 1.34. The zero-order valence-corrected chi connectivity index (χ0v) is 17.8. The molecule has 1 aromatic carbocycles. The van der Waals surface area contributed by atoms with Crippen LogP contribution >= 0.6 is 11.3 Å². The second-order valence-corrected chi connectivity index (χ2v) is 8.72. The van der Waals surface area contributed by atoms with Gasteiger partial charge in [-0.05, 0) is 56.8 Å². The lowest BCUT2D eigenvalue weighted by molar-refractivity contribution is 0.0639. The van der Waals surface area contributed by atoms with Crippen molar-refractivity contribution in [3.05, 3.63) is 40.7 Å². The van der Waals surface area contributed by atoms with Gasteiger partial charge in [-0.2, -0.15) is 0 Å². The van der Waals surface area contributed by atoms with Crippen LogP contribution in [0.5, 0.6) is 0 Å². The predicted octanol–water partition coefficient (Wildman–Crippen LogP) is 6.03. The Bertz CT molecular complexity index is 770. The van der Waals surface area contributed by atoms with Crippen molar-refractivity contribution >= 4 is 11.3 Å². The molecule has 2 unspecified atom stereocenters. The molecule has 1 aromatic heterocycles. The van der Waals surface area contributed by atoms with Gasteiger partial charge in [0.25, 0.3) is 0 Å². The zero-order valence-electron chi connectivity index (χ0n) is 16.9. The standard InChI is InChI=1S/C22H28F4N2OS/c23-17(7-2-1-5-15-6-3-4-8-27-11-15)12-29-13-18-14-30-22(28-18)16-9-19(24)21(26)20(25)10-16/h9-10,14-15,17,27H,1-8,11-13H2. The van der Waals surface area contributed by atoms with Crippen LogP contribution in [0.15, 0.2) is 17.5 Å². The Morgan fingerprint density at radius 2 is 1.97 bits per heavy atom. The predicted molar refractivity (Wildman–Crippen MR) is 111 cm³/mol. The van der Waals surface area contributed by atoms with E-state index in [1.807, 2.05) is 0 Å². The van der Waals surface area contributed by atoms with Crippen LogP contribution in [0.4, 0.5) is 17.6 Å². The summed E-state index contributed by atoms with van der Waals surface area (Å²) in [4.78, 5) is 4.23. The number of nitrogens with zero attached hydrogens (tertiary/aromatic N) is 1. The third kappa shape index (κ3) is 7.03. The smallest absolute Gasteiger partial charge is 0.194 e. The molecule has 1 saturated heterocycles. The molecule has 0 spiro atoms. The first-order valence-corrected chi connectivity index (χ1v) is 11.4. The molecule has 1 fully saturated rings. The molecule has 166 valence electrons. The van der Waals surface area contributed by atoms with E-state index in [1.165, 1.54) is 30.6 Å². The molecule has 1 N–H and O–H groups in total. The maximum atomic E-state index is 14.1. The van der Waals surface area contributed by atoms with E-state index >= 15 is 0 Å². The molecule has 0 aliphatic carbocycles. The van der Waals surface area contributed by atoms with E-state index in [0.29, 0.717) is 23.0 Å². The number of rotatable bonds is 10. The largest absolute Gasteiger partial charge is 0.372 e. The summed E-state index contributed by atoms with van der Waals surface area (Å²) in [5, 5.41) is 5.50. The van der Waals surface area contributed by atoms with Crippen LogP contribution in [0.1, 0.15) is 50.6 Å². The van der Waals surface area contributed by atoms with E-state index in [9.17, 15) is 17.6 Å². The van der Waals surface area contributed by atoms with Gasteiger partial charge in [0.05, 0.1) is 18.9 Å². The van der Waals surface area contributed by atoms with Crippen molar-refractivity contribution in [3.8, 4) is 10.6 Å². The van der Waals surface area contributed by atoms with Gasteiger partial charge >= 0.3 is 0 Å². The third-order valence-electron chi connectivity index (χ3n) is 5.36. The summed E-state index contributed by atoms with van der Waals surface area (Å²) >= 11 is 1.17. The molecule has 2 aromatic rings. The molecule has 0 radical (unpaired) electrons. The first-order valence-electron chi connectivity index (χ1n) is 10.5. The number of aromatic nitrogens is 1. The van der Waals surface area contributed by atoms with Crippen molar-refractivity contribution in [2.45, 2.75) is 57.7 Å². The molecule has 0 bridgehead atoms. The Morgan fingerprint density at radius 3 is 2.77 bits per heavy atom. The molecular weight excluding hydrogens is 416 g/mol. The lowest BCUT2D eigenvalue weighted by Gasteiger charge is -2.14. The van der Waals surface area contributed by atoms with E-state index < -0.39 is 23.6 Å². The fourth-order valence-corrected chi connectivity index (χ4v) is 4.49. The third-order valence-corrected chi connectivity index (χ3v) is 6.30. The van der Waals surface area contributed by atoms with Gasteiger partial charge in [0, 0.05) is 10.9 Å². The van der Waals surface area contributed by atoms with Crippen molar-refractivity contribution in [1.29, 1.82) is 0 Å². The molecule has 2 heterocycles. The molecule has 30 heavy (non-hydrogen) atoms. The number of hydrogen-bond acceptors (Lipinski definition) is 4. The average Bonchev–Trinajstić information content (AvgIpc) is 3.04. The molecule has 2 atom stereocenters. The Morgan fingerprint density at radius 1 is 1.17 bits per heavy atom. The number of nitrogens with one attached hydrogen (secondary N) is 1. The van der Waals surface area contributed by atoms with Crippen LogP contribution in [0.3, 0.4) is 0 Å². The SMILES string of the molecule is Fc1cc(-c2nc(COCC(F)CCCCC3CCCCNC3)cs2)cc(F)c1F. The van der Waals surface area contributed by atoms with Crippen molar-refractivity contribution in [2.24, 2.45) is 5.92 Å². The van der Waals surface area contributed by atoms with E-state index in [2.05, 4.69) is 10.3 Å². The molecule has 3 rings (SSSR count). The minimum absolute atomic E-state index is 0.00233. The minimum atomic E-state index is -1.50. The van der Waals surface area contributed by atoms with Crippen LogP contribution in [-0.4, -0.2) is 30.9 Å². The lowest BCUT2D eigenvalue weighted by Crippen LogP contribution is -2.20. The molecule has 8 heteroatoms. The van der Waals surface area contributed by atoms with Crippen molar-refractivity contribution in [3.63, 3.8) is 0 Å². The number of benzene rings is 1. The van der Waals surface area contributed by atoms with Gasteiger partial charge in [-0.3, -0.25) is 0 Å². The summed E-state index contributed by atoms with van der Waals surface area (Å²) in [5.74, 6) is -3.30. The molecule has 0 saturated carbocycles. The van der Waals surface area contributed by atoms with Crippen LogP contribution in [0.25, 0.3) is 10.6 Å². The van der Waals surface area contributed by atoms with Gasteiger partial charge in [-0.1, -0.05) is 19.3 Å². The van der Waals surface area contributed by atoms with Crippen molar-refractivity contribution in [1.82, 2.24) is 10.3 Å². The van der Waals surface area contributed by atoms with Crippen molar-refractivity contribution < 1.29 is 22.3 Å². The van der Waals surface area contributed by atoms with Gasteiger partial charge in [-0.15, -0.1) is 11.3 Å². The highest BCUT2D eigenvalue weighted by Crippen LogP contribution is 2.27. The van der Waals surface area contributed by atoms with E-state index in [0.717, 1.165) is 44.5 Å². The quantitative estimate of drug-likeness (QED) is 0.276. The highest BCUT2D eigenvalue weighted by molar-refractivity contribution is 7.13. The highest BCUT2D eigenvalue weighted by Gasteiger charge is 2.15. The number of ether oxygens (including phenoxy) is 1. The molecule has 1 aliphatic rings. The van der Waals surface area contributed by atoms with Gasteiger partial charge in [0.15, 0.2) is 17.5 Å². The van der Waals surface area contributed by atoms with Crippen LogP contribution in [0.2, 0.25) is 0 Å². The highest BCUT2D eigenvalue weighted by atomic mass is 32.1. The first-order chi connectivity index (χ1) is 14.5. The van der Waals surface area contributed by atoms with Crippen LogP contribution in [-0.2, 0) is 11.3 Å². The summed E-state index contributed by atoms with van der Waals surface area (Å²) in [6.07, 6.45) is 6.29. The minimum Gasteiger partial charge on any atom is -0.372 e. The number of alkyl halides is 1. The molecule has 1 aliphatic heterocycles. The van der Waals surface area contributed by atoms with Gasteiger partial charge in [0.2, 0.25) is 0 Å². The zero-order chi connectivity index (χ0) is 21.3. The maximum Gasteiger partial charge on any atom is 0.194 e. The van der Waals surface area contributed by atoms with Gasteiger partial charge < -0.3 is 10.1 Å². The van der Waals surface area contributed by atoms with Crippen LogP contribution < -0.4 is 5.32 Å².